The quantitative estimate of drug-likeness (QED) is 0.328. The van der Waals surface area contributed by atoms with Crippen LogP contribution in [0.15, 0.2) is 22.7 Å². The number of ether oxygens (including phenoxy) is 1. The Morgan fingerprint density at radius 3 is 2.76 bits per heavy atom. The van der Waals surface area contributed by atoms with E-state index in [1.54, 1.807) is 6.07 Å². The molecule has 0 aliphatic heterocycles. The Kier molecular flexibility index (Phi) is 6.29. The normalized spacial score (nSPS) is 10.2. The number of alkyl halides is 1. The van der Waals surface area contributed by atoms with Crippen LogP contribution < -0.4 is 4.74 Å². The number of non-ortho nitro benzene ring substituents is 1. The summed E-state index contributed by atoms with van der Waals surface area (Å²) in [7, 11) is 0. The summed E-state index contributed by atoms with van der Waals surface area (Å²) >= 11 is 8.85. The summed E-state index contributed by atoms with van der Waals surface area (Å²) in [5.41, 5.74) is 0.0314. The van der Waals surface area contributed by atoms with Gasteiger partial charge in [0, 0.05) is 11.9 Å². The Morgan fingerprint density at radius 1 is 1.35 bits per heavy atom. The molecular formula is C11H13BrClNO3. The molecule has 0 N–H and O–H groups in total. The summed E-state index contributed by atoms with van der Waals surface area (Å²) in [6.07, 6.45) is 2.85. The third kappa shape index (κ3) is 4.91. The van der Waals surface area contributed by atoms with Gasteiger partial charge in [0.25, 0.3) is 5.69 Å². The van der Waals surface area contributed by atoms with Gasteiger partial charge < -0.3 is 4.74 Å². The van der Waals surface area contributed by atoms with E-state index in [1.165, 1.54) is 12.1 Å². The zero-order chi connectivity index (χ0) is 12.7. The van der Waals surface area contributed by atoms with Gasteiger partial charge in [0.15, 0.2) is 0 Å². The zero-order valence-corrected chi connectivity index (χ0v) is 11.5. The second-order valence-corrected chi connectivity index (χ2v) is 4.70. The van der Waals surface area contributed by atoms with Crippen molar-refractivity contribution in [3.05, 3.63) is 32.8 Å². The molecule has 0 saturated heterocycles. The van der Waals surface area contributed by atoms with Crippen LogP contribution in [-0.2, 0) is 0 Å². The van der Waals surface area contributed by atoms with Crippen molar-refractivity contribution in [3.8, 4) is 5.75 Å². The molecule has 0 radical (unpaired) electrons. The maximum absolute atomic E-state index is 10.6. The number of nitro benzene ring substituents is 1. The van der Waals surface area contributed by atoms with Gasteiger partial charge in [0.05, 0.1) is 22.1 Å². The SMILES string of the molecule is O=[N+]([O-])c1ccc(Br)c(OCCCCCCl)c1. The molecule has 0 saturated carbocycles. The summed E-state index contributed by atoms with van der Waals surface area (Å²) < 4.78 is 6.20. The summed E-state index contributed by atoms with van der Waals surface area (Å²) in [5.74, 6) is 1.16. The first-order chi connectivity index (χ1) is 8.15. The Bertz CT molecular complexity index is 387. The summed E-state index contributed by atoms with van der Waals surface area (Å²) in [6.45, 7) is 0.538. The van der Waals surface area contributed by atoms with Crippen molar-refractivity contribution in [1.29, 1.82) is 0 Å². The molecule has 0 aromatic heterocycles. The van der Waals surface area contributed by atoms with E-state index in [0.29, 0.717) is 18.2 Å². The molecule has 4 nitrogen and oxygen atoms in total. The number of hydrogen-bond donors (Lipinski definition) is 0. The van der Waals surface area contributed by atoms with Crippen LogP contribution in [-0.4, -0.2) is 17.4 Å². The highest BCUT2D eigenvalue weighted by atomic mass is 79.9. The minimum absolute atomic E-state index is 0.0314. The predicted octanol–water partition coefficient (Wildman–Crippen LogP) is 4.15. The average Bonchev–Trinajstić information content (AvgIpc) is 2.30. The average molecular weight is 323 g/mol. The molecule has 0 atom stereocenters. The van der Waals surface area contributed by atoms with Crippen LogP contribution in [0.2, 0.25) is 0 Å². The number of benzene rings is 1. The van der Waals surface area contributed by atoms with E-state index in [0.717, 1.165) is 23.7 Å². The summed E-state index contributed by atoms with van der Waals surface area (Å²) in [4.78, 5) is 10.2. The molecule has 6 heteroatoms. The van der Waals surface area contributed by atoms with E-state index < -0.39 is 4.92 Å². The van der Waals surface area contributed by atoms with Gasteiger partial charge in [0.1, 0.15) is 5.75 Å². The number of halogens is 2. The van der Waals surface area contributed by atoms with E-state index in [2.05, 4.69) is 15.9 Å². The number of nitrogens with zero attached hydrogens (tertiary/aromatic N) is 1. The molecule has 0 fully saturated rings. The first-order valence-electron chi connectivity index (χ1n) is 5.28. The molecule has 0 bridgehead atoms. The largest absolute Gasteiger partial charge is 0.492 e. The van der Waals surface area contributed by atoms with Gasteiger partial charge in [0.2, 0.25) is 0 Å². The molecule has 0 unspecified atom stereocenters. The van der Waals surface area contributed by atoms with Crippen LogP contribution in [0.3, 0.4) is 0 Å². The fourth-order valence-corrected chi connectivity index (χ4v) is 1.82. The zero-order valence-electron chi connectivity index (χ0n) is 9.20. The molecule has 17 heavy (non-hydrogen) atoms. The Balaban J connectivity index is 2.51. The molecular weight excluding hydrogens is 309 g/mol. The molecule has 0 spiro atoms. The third-order valence-corrected chi connectivity index (χ3v) is 3.08. The molecule has 0 aliphatic carbocycles. The minimum atomic E-state index is -0.438. The van der Waals surface area contributed by atoms with Crippen LogP contribution in [0.1, 0.15) is 19.3 Å². The van der Waals surface area contributed by atoms with Crippen molar-refractivity contribution < 1.29 is 9.66 Å². The number of hydrogen-bond acceptors (Lipinski definition) is 3. The number of unbranched alkanes of at least 4 members (excludes halogenated alkanes) is 2. The monoisotopic (exact) mass is 321 g/mol. The summed E-state index contributed by atoms with van der Waals surface area (Å²) in [6, 6.07) is 4.47. The van der Waals surface area contributed by atoms with Gasteiger partial charge in [-0.2, -0.15) is 0 Å². The Hall–Kier alpha value is -0.810. The van der Waals surface area contributed by atoms with Crippen molar-refractivity contribution >= 4 is 33.2 Å². The van der Waals surface area contributed by atoms with Crippen LogP contribution in [0.5, 0.6) is 5.75 Å². The van der Waals surface area contributed by atoms with Crippen molar-refractivity contribution in [2.24, 2.45) is 0 Å². The van der Waals surface area contributed by atoms with Gasteiger partial charge in [-0.1, -0.05) is 0 Å². The molecule has 1 rings (SSSR count). The fraction of sp³-hybridized carbons (Fsp3) is 0.455. The van der Waals surface area contributed by atoms with Crippen LogP contribution in [0.25, 0.3) is 0 Å². The van der Waals surface area contributed by atoms with E-state index in [9.17, 15) is 10.1 Å². The molecule has 1 aromatic rings. The predicted molar refractivity (Wildman–Crippen MR) is 70.9 cm³/mol. The van der Waals surface area contributed by atoms with Crippen LogP contribution in [0, 0.1) is 10.1 Å². The maximum atomic E-state index is 10.6. The lowest BCUT2D eigenvalue weighted by Gasteiger charge is -2.07. The van der Waals surface area contributed by atoms with E-state index in [-0.39, 0.29) is 5.69 Å². The van der Waals surface area contributed by atoms with Crippen molar-refractivity contribution in [2.45, 2.75) is 19.3 Å². The van der Waals surface area contributed by atoms with Crippen LogP contribution in [0.4, 0.5) is 5.69 Å². The molecule has 1 aromatic carbocycles. The van der Waals surface area contributed by atoms with Crippen LogP contribution >= 0.6 is 27.5 Å². The van der Waals surface area contributed by atoms with E-state index in [4.69, 9.17) is 16.3 Å². The topological polar surface area (TPSA) is 52.4 Å². The van der Waals surface area contributed by atoms with E-state index in [1.807, 2.05) is 0 Å². The lowest BCUT2D eigenvalue weighted by molar-refractivity contribution is -0.385. The molecule has 94 valence electrons. The van der Waals surface area contributed by atoms with Gasteiger partial charge >= 0.3 is 0 Å². The molecule has 0 amide bonds. The molecule has 0 aliphatic rings. The highest BCUT2D eigenvalue weighted by Gasteiger charge is 2.10. The minimum Gasteiger partial charge on any atom is -0.492 e. The molecule has 0 heterocycles. The van der Waals surface area contributed by atoms with Crippen molar-refractivity contribution in [3.63, 3.8) is 0 Å². The standard InChI is InChI=1S/C11H13BrClNO3/c12-10-5-4-9(14(15)16)8-11(10)17-7-3-1-2-6-13/h4-5,8H,1-3,6-7H2. The second kappa shape index (κ2) is 7.50. The maximum Gasteiger partial charge on any atom is 0.273 e. The van der Waals surface area contributed by atoms with E-state index >= 15 is 0 Å². The van der Waals surface area contributed by atoms with Gasteiger partial charge in [-0.05, 0) is 41.3 Å². The summed E-state index contributed by atoms with van der Waals surface area (Å²) in [5, 5.41) is 10.6. The van der Waals surface area contributed by atoms with Crippen molar-refractivity contribution in [1.82, 2.24) is 0 Å². The first kappa shape index (κ1) is 14.3. The number of rotatable bonds is 7. The Labute approximate surface area is 113 Å². The third-order valence-electron chi connectivity index (χ3n) is 2.16. The highest BCUT2D eigenvalue weighted by molar-refractivity contribution is 9.10. The van der Waals surface area contributed by atoms with Crippen molar-refractivity contribution in [2.75, 3.05) is 12.5 Å². The second-order valence-electron chi connectivity index (χ2n) is 3.47. The lowest BCUT2D eigenvalue weighted by atomic mass is 10.2. The lowest BCUT2D eigenvalue weighted by Crippen LogP contribution is -1.99. The van der Waals surface area contributed by atoms with Gasteiger partial charge in [-0.25, -0.2) is 0 Å². The van der Waals surface area contributed by atoms with Gasteiger partial charge in [-0.3, -0.25) is 10.1 Å². The number of nitro groups is 1. The fourth-order valence-electron chi connectivity index (χ4n) is 1.27. The Morgan fingerprint density at radius 2 is 2.12 bits per heavy atom. The first-order valence-corrected chi connectivity index (χ1v) is 6.60. The highest BCUT2D eigenvalue weighted by Crippen LogP contribution is 2.29. The smallest absolute Gasteiger partial charge is 0.273 e. The van der Waals surface area contributed by atoms with Gasteiger partial charge in [-0.15, -0.1) is 11.6 Å².